The van der Waals surface area contributed by atoms with Gasteiger partial charge in [-0.1, -0.05) is 17.4 Å². The van der Waals surface area contributed by atoms with Gasteiger partial charge in [-0.2, -0.15) is 0 Å². The van der Waals surface area contributed by atoms with Crippen molar-refractivity contribution in [1.29, 1.82) is 0 Å². The zero-order chi connectivity index (χ0) is 12.5. The first-order valence-corrected chi connectivity index (χ1v) is 7.50. The van der Waals surface area contributed by atoms with Gasteiger partial charge in [-0.3, -0.25) is 4.72 Å². The predicted molar refractivity (Wildman–Crippen MR) is 68.7 cm³/mol. The van der Waals surface area contributed by atoms with Gasteiger partial charge in [-0.05, 0) is 28.1 Å². The smallest absolute Gasteiger partial charge is 0.263 e. The van der Waals surface area contributed by atoms with Gasteiger partial charge in [-0.15, -0.1) is 0 Å². The van der Waals surface area contributed by atoms with Crippen LogP contribution in [0.5, 0.6) is 5.75 Å². The number of nitrogens with one attached hydrogen (secondary N) is 1. The van der Waals surface area contributed by atoms with Crippen LogP contribution in [0.4, 0.5) is 5.13 Å². The largest absolute Gasteiger partial charge is 0.508 e. The van der Waals surface area contributed by atoms with E-state index in [0.717, 1.165) is 3.79 Å². The summed E-state index contributed by atoms with van der Waals surface area (Å²) in [5.74, 6) is -0.104. The number of hydrogen-bond acceptors (Lipinski definition) is 5. The molecule has 0 radical (unpaired) electrons. The third kappa shape index (κ3) is 2.96. The summed E-state index contributed by atoms with van der Waals surface area (Å²) >= 11 is 4.35. The fourth-order valence-electron chi connectivity index (χ4n) is 1.13. The first-order chi connectivity index (χ1) is 7.97. The summed E-state index contributed by atoms with van der Waals surface area (Å²) in [5.41, 5.74) is 0. The van der Waals surface area contributed by atoms with Crippen LogP contribution in [-0.2, 0) is 10.0 Å². The average molecular weight is 335 g/mol. The van der Waals surface area contributed by atoms with E-state index in [1.165, 1.54) is 41.8 Å². The molecule has 5 nitrogen and oxygen atoms in total. The SMILES string of the molecule is O=S(=O)(Nc1ncc(Br)s1)c1cccc(O)c1. The lowest BCUT2D eigenvalue weighted by Crippen LogP contribution is -2.12. The zero-order valence-corrected chi connectivity index (χ0v) is 11.5. The van der Waals surface area contributed by atoms with Gasteiger partial charge >= 0.3 is 0 Å². The Balaban J connectivity index is 2.31. The van der Waals surface area contributed by atoms with Crippen molar-refractivity contribution in [3.8, 4) is 5.75 Å². The summed E-state index contributed by atoms with van der Waals surface area (Å²) in [5, 5.41) is 9.50. The molecule has 2 aromatic rings. The lowest BCUT2D eigenvalue weighted by Gasteiger charge is -2.04. The number of aromatic hydroxyl groups is 1. The number of phenolic OH excluding ortho intramolecular Hbond substituents is 1. The molecule has 0 saturated carbocycles. The second-order valence-electron chi connectivity index (χ2n) is 3.07. The molecule has 1 aromatic carbocycles. The van der Waals surface area contributed by atoms with Crippen molar-refractivity contribution >= 4 is 42.4 Å². The highest BCUT2D eigenvalue weighted by atomic mass is 79.9. The Morgan fingerprint density at radius 1 is 1.41 bits per heavy atom. The van der Waals surface area contributed by atoms with Crippen LogP contribution in [0, 0.1) is 0 Å². The van der Waals surface area contributed by atoms with E-state index in [4.69, 9.17) is 0 Å². The van der Waals surface area contributed by atoms with Gasteiger partial charge in [0.25, 0.3) is 10.0 Å². The summed E-state index contributed by atoms with van der Waals surface area (Å²) in [6.07, 6.45) is 1.50. The average Bonchev–Trinajstić information content (AvgIpc) is 2.63. The molecule has 0 aliphatic heterocycles. The van der Waals surface area contributed by atoms with Gasteiger partial charge in [0, 0.05) is 6.07 Å². The minimum atomic E-state index is -3.71. The number of thiazole rings is 1. The van der Waals surface area contributed by atoms with E-state index in [-0.39, 0.29) is 15.8 Å². The second-order valence-corrected chi connectivity index (χ2v) is 7.16. The lowest BCUT2D eigenvalue weighted by molar-refractivity contribution is 0.473. The first-order valence-electron chi connectivity index (χ1n) is 4.40. The summed E-state index contributed by atoms with van der Waals surface area (Å²) in [4.78, 5) is 3.86. The van der Waals surface area contributed by atoms with Crippen molar-refractivity contribution < 1.29 is 13.5 Å². The molecule has 1 heterocycles. The van der Waals surface area contributed by atoms with Crippen molar-refractivity contribution in [3.05, 3.63) is 34.2 Å². The highest BCUT2D eigenvalue weighted by Gasteiger charge is 2.16. The number of halogens is 1. The Labute approximate surface area is 110 Å². The molecular weight excluding hydrogens is 328 g/mol. The van der Waals surface area contributed by atoms with Crippen LogP contribution in [0.15, 0.2) is 39.1 Å². The molecule has 0 atom stereocenters. The summed E-state index contributed by atoms with van der Waals surface area (Å²) in [6.45, 7) is 0. The van der Waals surface area contributed by atoms with Gasteiger partial charge < -0.3 is 5.11 Å². The molecule has 0 bridgehead atoms. The number of sulfonamides is 1. The van der Waals surface area contributed by atoms with Crippen LogP contribution in [0.3, 0.4) is 0 Å². The molecule has 0 saturated heterocycles. The quantitative estimate of drug-likeness (QED) is 0.903. The Hall–Kier alpha value is -1.12. The molecule has 0 spiro atoms. The highest BCUT2D eigenvalue weighted by Crippen LogP contribution is 2.26. The summed E-state index contributed by atoms with van der Waals surface area (Å²) < 4.78 is 26.8. The molecule has 0 aliphatic carbocycles. The van der Waals surface area contributed by atoms with Crippen molar-refractivity contribution in [2.24, 2.45) is 0 Å². The molecule has 90 valence electrons. The highest BCUT2D eigenvalue weighted by molar-refractivity contribution is 9.11. The van der Waals surface area contributed by atoms with Crippen molar-refractivity contribution in [2.45, 2.75) is 4.90 Å². The normalized spacial score (nSPS) is 11.4. The molecule has 1 aromatic heterocycles. The molecule has 0 amide bonds. The number of hydrogen-bond donors (Lipinski definition) is 2. The van der Waals surface area contributed by atoms with Gasteiger partial charge in [0.2, 0.25) is 0 Å². The fourth-order valence-corrected chi connectivity index (χ4v) is 3.51. The van der Waals surface area contributed by atoms with Crippen LogP contribution < -0.4 is 4.72 Å². The van der Waals surface area contributed by atoms with E-state index in [9.17, 15) is 13.5 Å². The topological polar surface area (TPSA) is 79.3 Å². The Kier molecular flexibility index (Phi) is 3.36. The minimum Gasteiger partial charge on any atom is -0.508 e. The number of phenols is 1. The Morgan fingerprint density at radius 3 is 2.76 bits per heavy atom. The summed E-state index contributed by atoms with van der Waals surface area (Å²) in [6, 6.07) is 5.43. The van der Waals surface area contributed by atoms with E-state index in [1.54, 1.807) is 0 Å². The molecule has 0 unspecified atom stereocenters. The maximum Gasteiger partial charge on any atom is 0.263 e. The van der Waals surface area contributed by atoms with Crippen molar-refractivity contribution in [1.82, 2.24) is 4.98 Å². The molecule has 0 aliphatic rings. The number of anilines is 1. The van der Waals surface area contributed by atoms with E-state index in [0.29, 0.717) is 0 Å². The molecule has 17 heavy (non-hydrogen) atoms. The van der Waals surface area contributed by atoms with Gasteiger partial charge in [-0.25, -0.2) is 13.4 Å². The second kappa shape index (κ2) is 4.63. The van der Waals surface area contributed by atoms with E-state index in [2.05, 4.69) is 25.6 Å². The third-order valence-corrected chi connectivity index (χ3v) is 4.68. The number of benzene rings is 1. The van der Waals surface area contributed by atoms with Crippen LogP contribution >= 0.6 is 27.3 Å². The summed E-state index contributed by atoms with van der Waals surface area (Å²) in [7, 11) is -3.71. The predicted octanol–water partition coefficient (Wildman–Crippen LogP) is 2.41. The Morgan fingerprint density at radius 2 is 2.18 bits per heavy atom. The van der Waals surface area contributed by atoms with Crippen LogP contribution in [0.2, 0.25) is 0 Å². The fraction of sp³-hybridized carbons (Fsp3) is 0. The minimum absolute atomic E-state index is 0.0103. The molecule has 0 fully saturated rings. The van der Waals surface area contributed by atoms with Crippen LogP contribution in [0.1, 0.15) is 0 Å². The van der Waals surface area contributed by atoms with Gasteiger partial charge in [0.05, 0.1) is 14.9 Å². The van der Waals surface area contributed by atoms with Crippen LogP contribution in [-0.4, -0.2) is 18.5 Å². The van der Waals surface area contributed by atoms with Crippen molar-refractivity contribution in [3.63, 3.8) is 0 Å². The number of aromatic nitrogens is 1. The van der Waals surface area contributed by atoms with E-state index in [1.807, 2.05) is 0 Å². The van der Waals surface area contributed by atoms with Gasteiger partial charge in [0.15, 0.2) is 5.13 Å². The van der Waals surface area contributed by atoms with Crippen molar-refractivity contribution in [2.75, 3.05) is 4.72 Å². The maximum absolute atomic E-state index is 11.9. The van der Waals surface area contributed by atoms with E-state index < -0.39 is 10.0 Å². The zero-order valence-electron chi connectivity index (χ0n) is 8.29. The number of nitrogens with zero attached hydrogens (tertiary/aromatic N) is 1. The maximum atomic E-state index is 11.9. The lowest BCUT2D eigenvalue weighted by atomic mass is 10.3. The monoisotopic (exact) mass is 334 g/mol. The first kappa shape index (κ1) is 12.3. The molecule has 8 heteroatoms. The van der Waals surface area contributed by atoms with Crippen LogP contribution in [0.25, 0.3) is 0 Å². The molecular formula is C9H7BrN2O3S2. The third-order valence-electron chi connectivity index (χ3n) is 1.83. The Bertz CT molecular complexity index is 639. The molecule has 2 rings (SSSR count). The van der Waals surface area contributed by atoms with Gasteiger partial charge in [0.1, 0.15) is 5.75 Å². The number of rotatable bonds is 3. The molecule has 2 N–H and O–H groups in total. The standard InChI is InChI=1S/C9H7BrN2O3S2/c10-8-5-11-9(16-8)12-17(14,15)7-3-1-2-6(13)4-7/h1-5,13H,(H,11,12). The van der Waals surface area contributed by atoms with E-state index >= 15 is 0 Å².